The second-order valence-corrected chi connectivity index (χ2v) is 5.02. The van der Waals surface area contributed by atoms with Crippen molar-refractivity contribution in [2.75, 3.05) is 27.2 Å². The van der Waals surface area contributed by atoms with Crippen molar-refractivity contribution >= 4 is 11.6 Å². The van der Waals surface area contributed by atoms with Gasteiger partial charge in [-0.2, -0.15) is 0 Å². The minimum atomic E-state index is -0.536. The maximum absolute atomic E-state index is 12.6. The average molecular weight is 293 g/mol. The molecule has 7 nitrogen and oxygen atoms in total. The van der Waals surface area contributed by atoms with Gasteiger partial charge in [-0.1, -0.05) is 0 Å². The minimum absolute atomic E-state index is 0.0797. The quantitative estimate of drug-likeness (QED) is 0.670. The first kappa shape index (κ1) is 15.2. The summed E-state index contributed by atoms with van der Waals surface area (Å²) in [5, 5.41) is 14.3. The number of benzene rings is 1. The molecule has 2 rings (SSSR count). The number of rotatable bonds is 4. The number of nitro benzene ring substituents is 1. The summed E-state index contributed by atoms with van der Waals surface area (Å²) >= 11 is 0. The van der Waals surface area contributed by atoms with E-state index < -0.39 is 4.92 Å². The molecule has 1 saturated heterocycles. The molecule has 21 heavy (non-hydrogen) atoms. The third-order valence-corrected chi connectivity index (χ3v) is 3.75. The Morgan fingerprint density at radius 1 is 1.52 bits per heavy atom. The van der Waals surface area contributed by atoms with E-state index in [1.165, 1.54) is 25.3 Å². The Kier molecular flexibility index (Phi) is 4.74. The van der Waals surface area contributed by atoms with Crippen LogP contribution in [0.5, 0.6) is 5.75 Å². The highest BCUT2D eigenvalue weighted by atomic mass is 16.6. The molecule has 1 fully saturated rings. The molecule has 1 aromatic rings. The molecule has 7 heteroatoms. The molecule has 0 aromatic heterocycles. The van der Waals surface area contributed by atoms with Crippen LogP contribution in [0.4, 0.5) is 5.69 Å². The molecule has 1 amide bonds. The van der Waals surface area contributed by atoms with Crippen LogP contribution < -0.4 is 10.1 Å². The third kappa shape index (κ3) is 3.30. The molecule has 0 bridgehead atoms. The van der Waals surface area contributed by atoms with Crippen LogP contribution in [0.2, 0.25) is 0 Å². The molecule has 1 N–H and O–H groups in total. The number of carbonyl (C=O) groups excluding carboxylic acids is 1. The Balaban J connectivity index is 2.30. The molecule has 0 spiro atoms. The normalized spacial score (nSPS) is 18.4. The molecule has 1 aliphatic heterocycles. The zero-order valence-corrected chi connectivity index (χ0v) is 12.2. The van der Waals surface area contributed by atoms with Gasteiger partial charge in [0, 0.05) is 25.2 Å². The van der Waals surface area contributed by atoms with Crippen molar-refractivity contribution < 1.29 is 14.5 Å². The number of hydrogen-bond acceptors (Lipinski definition) is 5. The highest BCUT2D eigenvalue weighted by molar-refractivity contribution is 5.98. The third-order valence-electron chi connectivity index (χ3n) is 3.75. The van der Waals surface area contributed by atoms with Crippen LogP contribution >= 0.6 is 0 Å². The van der Waals surface area contributed by atoms with E-state index in [1.54, 1.807) is 4.90 Å². The van der Waals surface area contributed by atoms with Gasteiger partial charge in [0.1, 0.15) is 11.3 Å². The highest BCUT2D eigenvalue weighted by Gasteiger charge is 2.28. The zero-order chi connectivity index (χ0) is 15.4. The van der Waals surface area contributed by atoms with Crippen LogP contribution in [-0.2, 0) is 0 Å². The van der Waals surface area contributed by atoms with E-state index in [2.05, 4.69) is 5.32 Å². The molecule has 1 heterocycles. The summed E-state index contributed by atoms with van der Waals surface area (Å²) < 4.78 is 5.06. The first-order chi connectivity index (χ1) is 10.1. The van der Waals surface area contributed by atoms with Crippen molar-refractivity contribution in [3.05, 3.63) is 33.9 Å². The molecular formula is C14H19N3O4. The fourth-order valence-electron chi connectivity index (χ4n) is 2.54. The number of carbonyl (C=O) groups is 1. The number of piperidine rings is 1. The Morgan fingerprint density at radius 3 is 2.90 bits per heavy atom. The molecule has 1 aromatic carbocycles. The summed E-state index contributed by atoms with van der Waals surface area (Å²) in [5.74, 6) is 0.117. The number of methoxy groups -OCH3 is 1. The molecule has 0 radical (unpaired) electrons. The van der Waals surface area contributed by atoms with Crippen molar-refractivity contribution in [3.63, 3.8) is 0 Å². The lowest BCUT2D eigenvalue weighted by molar-refractivity contribution is -0.385. The van der Waals surface area contributed by atoms with Crippen LogP contribution in [0.15, 0.2) is 18.2 Å². The summed E-state index contributed by atoms with van der Waals surface area (Å²) in [6, 6.07) is 4.46. The van der Waals surface area contributed by atoms with E-state index in [0.29, 0.717) is 18.8 Å². The molecule has 1 atom stereocenters. The molecule has 1 unspecified atom stereocenters. The zero-order valence-electron chi connectivity index (χ0n) is 12.2. The standard InChI is InChI=1S/C14H19N3O4/c1-15-10-4-3-7-16(9-10)14(18)12-8-11(21-2)5-6-13(12)17(19)20/h5-6,8,10,15H,3-4,7,9H2,1-2H3. The number of nitrogens with zero attached hydrogens (tertiary/aromatic N) is 2. The van der Waals surface area contributed by atoms with E-state index in [0.717, 1.165) is 12.8 Å². The van der Waals surface area contributed by atoms with E-state index in [-0.39, 0.29) is 23.2 Å². The van der Waals surface area contributed by atoms with Gasteiger partial charge in [0.25, 0.3) is 11.6 Å². The van der Waals surface area contributed by atoms with Crippen LogP contribution in [0.25, 0.3) is 0 Å². The summed E-state index contributed by atoms with van der Waals surface area (Å²) in [4.78, 5) is 24.8. The summed E-state index contributed by atoms with van der Waals surface area (Å²) in [5.41, 5.74) is -0.108. The van der Waals surface area contributed by atoms with Crippen molar-refractivity contribution in [3.8, 4) is 5.75 Å². The van der Waals surface area contributed by atoms with E-state index in [1.807, 2.05) is 7.05 Å². The lowest BCUT2D eigenvalue weighted by Gasteiger charge is -2.32. The molecule has 0 saturated carbocycles. The van der Waals surface area contributed by atoms with E-state index in [9.17, 15) is 14.9 Å². The lowest BCUT2D eigenvalue weighted by Crippen LogP contribution is -2.47. The SMILES string of the molecule is CNC1CCCN(C(=O)c2cc(OC)ccc2[N+](=O)[O-])C1. The number of hydrogen-bond donors (Lipinski definition) is 1. The first-order valence-electron chi connectivity index (χ1n) is 6.85. The molecular weight excluding hydrogens is 274 g/mol. The number of nitrogens with one attached hydrogen (secondary N) is 1. The van der Waals surface area contributed by atoms with Crippen LogP contribution in [-0.4, -0.2) is 49.0 Å². The predicted molar refractivity (Wildman–Crippen MR) is 77.6 cm³/mol. The Morgan fingerprint density at radius 2 is 2.29 bits per heavy atom. The number of amides is 1. The summed E-state index contributed by atoms with van der Waals surface area (Å²) in [6.07, 6.45) is 1.88. The van der Waals surface area contributed by atoms with Gasteiger partial charge in [0.05, 0.1) is 12.0 Å². The molecule has 114 valence electrons. The van der Waals surface area contributed by atoms with Gasteiger partial charge in [0.15, 0.2) is 0 Å². The van der Waals surface area contributed by atoms with Gasteiger partial charge in [-0.25, -0.2) is 0 Å². The predicted octanol–water partition coefficient (Wildman–Crippen LogP) is 1.43. The molecule has 1 aliphatic rings. The number of likely N-dealkylation sites (tertiary alicyclic amines) is 1. The second-order valence-electron chi connectivity index (χ2n) is 5.02. The fraction of sp³-hybridized carbons (Fsp3) is 0.500. The van der Waals surface area contributed by atoms with Gasteiger partial charge < -0.3 is 15.0 Å². The topological polar surface area (TPSA) is 84.7 Å². The smallest absolute Gasteiger partial charge is 0.282 e. The van der Waals surface area contributed by atoms with Gasteiger partial charge >= 0.3 is 0 Å². The Labute approximate surface area is 123 Å². The lowest BCUT2D eigenvalue weighted by atomic mass is 10.0. The largest absolute Gasteiger partial charge is 0.497 e. The first-order valence-corrected chi connectivity index (χ1v) is 6.85. The highest BCUT2D eigenvalue weighted by Crippen LogP contribution is 2.26. The van der Waals surface area contributed by atoms with Gasteiger partial charge in [0.2, 0.25) is 0 Å². The van der Waals surface area contributed by atoms with Crippen molar-refractivity contribution in [2.24, 2.45) is 0 Å². The fourth-order valence-corrected chi connectivity index (χ4v) is 2.54. The van der Waals surface area contributed by atoms with E-state index >= 15 is 0 Å². The average Bonchev–Trinajstić information content (AvgIpc) is 2.53. The summed E-state index contributed by atoms with van der Waals surface area (Å²) in [6.45, 7) is 1.18. The number of likely N-dealkylation sites (N-methyl/N-ethyl adjacent to an activating group) is 1. The second kappa shape index (κ2) is 6.53. The minimum Gasteiger partial charge on any atom is -0.497 e. The molecule has 0 aliphatic carbocycles. The Bertz CT molecular complexity index is 547. The van der Waals surface area contributed by atoms with Crippen molar-refractivity contribution in [2.45, 2.75) is 18.9 Å². The van der Waals surface area contributed by atoms with Gasteiger partial charge in [-0.05, 0) is 32.0 Å². The van der Waals surface area contributed by atoms with Crippen LogP contribution in [0.3, 0.4) is 0 Å². The maximum atomic E-state index is 12.6. The number of nitro groups is 1. The number of ether oxygens (including phenoxy) is 1. The van der Waals surface area contributed by atoms with Crippen LogP contribution in [0, 0.1) is 10.1 Å². The van der Waals surface area contributed by atoms with Crippen molar-refractivity contribution in [1.29, 1.82) is 0 Å². The monoisotopic (exact) mass is 293 g/mol. The summed E-state index contributed by atoms with van der Waals surface area (Å²) in [7, 11) is 3.32. The maximum Gasteiger partial charge on any atom is 0.282 e. The van der Waals surface area contributed by atoms with Crippen molar-refractivity contribution in [1.82, 2.24) is 10.2 Å². The van der Waals surface area contributed by atoms with E-state index in [4.69, 9.17) is 4.74 Å². The van der Waals surface area contributed by atoms with Gasteiger partial charge in [-0.15, -0.1) is 0 Å². The van der Waals surface area contributed by atoms with Gasteiger partial charge in [-0.3, -0.25) is 14.9 Å². The van der Waals surface area contributed by atoms with Crippen LogP contribution in [0.1, 0.15) is 23.2 Å². The Hall–Kier alpha value is -2.15.